The van der Waals surface area contributed by atoms with Crippen LogP contribution in [0.3, 0.4) is 0 Å². The third kappa shape index (κ3) is 5.99. The highest BCUT2D eigenvalue weighted by atomic mass is 35.5. The molecule has 3 rings (SSSR count). The van der Waals surface area contributed by atoms with E-state index in [1.807, 2.05) is 49.0 Å². The summed E-state index contributed by atoms with van der Waals surface area (Å²) in [7, 11) is 3.93. The van der Waals surface area contributed by atoms with Crippen molar-refractivity contribution >= 4 is 34.8 Å². The van der Waals surface area contributed by atoms with Crippen molar-refractivity contribution in [3.8, 4) is 0 Å². The Balaban J connectivity index is 1.84. The van der Waals surface area contributed by atoms with Crippen LogP contribution >= 0.6 is 11.6 Å². The van der Waals surface area contributed by atoms with Crippen molar-refractivity contribution in [3.63, 3.8) is 0 Å². The lowest BCUT2D eigenvalue weighted by Crippen LogP contribution is -2.36. The van der Waals surface area contributed by atoms with Crippen LogP contribution in [0, 0.1) is 0 Å². The average molecular weight is 444 g/mol. The minimum absolute atomic E-state index is 0.0846. The van der Waals surface area contributed by atoms with Crippen LogP contribution in [-0.2, 0) is 16.1 Å². The van der Waals surface area contributed by atoms with Gasteiger partial charge < -0.3 is 19.9 Å². The number of ether oxygens (including phenoxy) is 1. The summed E-state index contributed by atoms with van der Waals surface area (Å²) in [6.45, 7) is 3.66. The van der Waals surface area contributed by atoms with E-state index in [9.17, 15) is 9.59 Å². The first kappa shape index (κ1) is 23.1. The van der Waals surface area contributed by atoms with Gasteiger partial charge >= 0.3 is 0 Å². The number of hydrogen-bond acceptors (Lipinski definition) is 4. The lowest BCUT2D eigenvalue weighted by molar-refractivity contribution is -0.133. The first-order valence-corrected chi connectivity index (χ1v) is 11.0. The van der Waals surface area contributed by atoms with Gasteiger partial charge in [0.05, 0.1) is 16.7 Å². The molecule has 166 valence electrons. The van der Waals surface area contributed by atoms with Gasteiger partial charge in [-0.15, -0.1) is 0 Å². The molecule has 0 saturated carbocycles. The topological polar surface area (TPSA) is 61.9 Å². The fourth-order valence-corrected chi connectivity index (χ4v) is 4.01. The second kappa shape index (κ2) is 10.6. The van der Waals surface area contributed by atoms with E-state index in [1.54, 1.807) is 24.3 Å². The molecule has 0 aliphatic carbocycles. The summed E-state index contributed by atoms with van der Waals surface area (Å²) in [6, 6.07) is 12.7. The maximum atomic E-state index is 12.7. The largest absolute Gasteiger partial charge is 0.377 e. The summed E-state index contributed by atoms with van der Waals surface area (Å²) in [6.07, 6.45) is 2.53. The first-order chi connectivity index (χ1) is 14.9. The van der Waals surface area contributed by atoms with Gasteiger partial charge in [0.25, 0.3) is 5.91 Å². The van der Waals surface area contributed by atoms with Gasteiger partial charge in [0.1, 0.15) is 0 Å². The Kier molecular flexibility index (Phi) is 7.93. The van der Waals surface area contributed by atoms with Gasteiger partial charge in [-0.1, -0.05) is 30.7 Å². The second-order valence-corrected chi connectivity index (χ2v) is 8.34. The molecule has 1 heterocycles. The molecule has 2 amide bonds. The van der Waals surface area contributed by atoms with Crippen molar-refractivity contribution in [2.45, 2.75) is 38.8 Å². The van der Waals surface area contributed by atoms with Crippen molar-refractivity contribution in [1.82, 2.24) is 4.90 Å². The SMILES string of the molecule is CCC(=O)N(Cc1cc(NC(=O)c2ccccc2Cl)ccc1N(C)C)C[C@@H]1CCCO1. The van der Waals surface area contributed by atoms with E-state index in [0.29, 0.717) is 35.8 Å². The molecule has 0 unspecified atom stereocenters. The third-order valence-corrected chi connectivity index (χ3v) is 5.73. The summed E-state index contributed by atoms with van der Waals surface area (Å²) in [5.74, 6) is -0.180. The molecule has 0 aromatic heterocycles. The number of rotatable bonds is 8. The van der Waals surface area contributed by atoms with E-state index in [4.69, 9.17) is 16.3 Å². The van der Waals surface area contributed by atoms with Crippen molar-refractivity contribution in [2.24, 2.45) is 0 Å². The first-order valence-electron chi connectivity index (χ1n) is 10.6. The normalized spacial score (nSPS) is 15.5. The lowest BCUT2D eigenvalue weighted by atomic mass is 10.1. The minimum Gasteiger partial charge on any atom is -0.377 e. The van der Waals surface area contributed by atoms with Crippen molar-refractivity contribution in [3.05, 3.63) is 58.6 Å². The Hall–Kier alpha value is -2.57. The van der Waals surface area contributed by atoms with E-state index in [0.717, 1.165) is 30.7 Å². The Bertz CT molecular complexity index is 926. The van der Waals surface area contributed by atoms with Crippen LogP contribution in [0.2, 0.25) is 5.02 Å². The van der Waals surface area contributed by atoms with E-state index in [2.05, 4.69) is 5.32 Å². The zero-order valence-corrected chi connectivity index (χ0v) is 19.1. The van der Waals surface area contributed by atoms with E-state index in [1.165, 1.54) is 0 Å². The highest BCUT2D eigenvalue weighted by molar-refractivity contribution is 6.34. The third-order valence-electron chi connectivity index (χ3n) is 5.40. The molecule has 1 fully saturated rings. The molecular formula is C24H30ClN3O3. The summed E-state index contributed by atoms with van der Waals surface area (Å²) < 4.78 is 5.76. The van der Waals surface area contributed by atoms with Crippen LogP contribution in [0.25, 0.3) is 0 Å². The number of nitrogens with one attached hydrogen (secondary N) is 1. The lowest BCUT2D eigenvalue weighted by Gasteiger charge is -2.28. The molecule has 0 spiro atoms. The van der Waals surface area contributed by atoms with Crippen LogP contribution in [0.15, 0.2) is 42.5 Å². The number of carbonyl (C=O) groups is 2. The van der Waals surface area contributed by atoms with Crippen LogP contribution in [0.4, 0.5) is 11.4 Å². The summed E-state index contributed by atoms with van der Waals surface area (Å²) in [4.78, 5) is 29.2. The Morgan fingerprint density at radius 1 is 1.19 bits per heavy atom. The van der Waals surface area contributed by atoms with Crippen molar-refractivity contribution in [2.75, 3.05) is 37.5 Å². The monoisotopic (exact) mass is 443 g/mol. The van der Waals surface area contributed by atoms with E-state index >= 15 is 0 Å². The van der Waals surface area contributed by atoms with Gasteiger partial charge in [-0.05, 0) is 48.7 Å². The van der Waals surface area contributed by atoms with Gasteiger partial charge in [0.15, 0.2) is 0 Å². The Morgan fingerprint density at radius 2 is 1.97 bits per heavy atom. The van der Waals surface area contributed by atoms with Gasteiger partial charge in [-0.25, -0.2) is 0 Å². The Morgan fingerprint density at radius 3 is 2.61 bits per heavy atom. The molecule has 2 aromatic carbocycles. The summed E-state index contributed by atoms with van der Waals surface area (Å²) in [5, 5.41) is 3.33. The molecule has 1 saturated heterocycles. The predicted octanol–water partition coefficient (Wildman–Crippen LogP) is 4.58. The molecule has 6 nitrogen and oxygen atoms in total. The standard InChI is InChI=1S/C24H30ClN3O3/c1-4-23(29)28(16-19-8-7-13-31-19)15-17-14-18(11-12-22(17)27(2)3)26-24(30)20-9-5-6-10-21(20)25/h5-6,9-12,14,19H,4,7-8,13,15-16H2,1-3H3,(H,26,30)/t19-/m0/s1. The van der Waals surface area contributed by atoms with E-state index < -0.39 is 0 Å². The number of anilines is 2. The number of benzene rings is 2. The molecule has 7 heteroatoms. The molecule has 1 atom stereocenters. The number of hydrogen-bond donors (Lipinski definition) is 1. The molecule has 0 radical (unpaired) electrons. The molecule has 1 aliphatic heterocycles. The number of halogens is 1. The molecule has 1 aliphatic rings. The molecule has 1 N–H and O–H groups in total. The summed E-state index contributed by atoms with van der Waals surface area (Å²) in [5.41, 5.74) is 3.04. The molecular weight excluding hydrogens is 414 g/mol. The van der Waals surface area contributed by atoms with Crippen LogP contribution in [0.5, 0.6) is 0 Å². The molecule has 31 heavy (non-hydrogen) atoms. The van der Waals surface area contributed by atoms with Crippen LogP contribution in [-0.4, -0.2) is 50.1 Å². The van der Waals surface area contributed by atoms with Gasteiger partial charge in [-0.2, -0.15) is 0 Å². The predicted molar refractivity (Wildman–Crippen MR) is 125 cm³/mol. The highest BCUT2D eigenvalue weighted by Gasteiger charge is 2.23. The van der Waals surface area contributed by atoms with Gasteiger partial charge in [-0.3, -0.25) is 9.59 Å². The number of nitrogens with zero attached hydrogens (tertiary/aromatic N) is 2. The van der Waals surface area contributed by atoms with Crippen LogP contribution in [0.1, 0.15) is 42.1 Å². The van der Waals surface area contributed by atoms with Crippen molar-refractivity contribution < 1.29 is 14.3 Å². The van der Waals surface area contributed by atoms with Gasteiger partial charge in [0.2, 0.25) is 5.91 Å². The summed E-state index contributed by atoms with van der Waals surface area (Å²) >= 11 is 6.16. The zero-order chi connectivity index (χ0) is 22.4. The maximum Gasteiger partial charge on any atom is 0.257 e. The van der Waals surface area contributed by atoms with E-state index in [-0.39, 0.29) is 17.9 Å². The maximum absolute atomic E-state index is 12.7. The zero-order valence-electron chi connectivity index (χ0n) is 18.4. The minimum atomic E-state index is -0.269. The molecule has 0 bridgehead atoms. The average Bonchev–Trinajstić information content (AvgIpc) is 3.26. The Labute approximate surface area is 189 Å². The smallest absolute Gasteiger partial charge is 0.257 e. The number of amides is 2. The number of carbonyl (C=O) groups excluding carboxylic acids is 2. The fraction of sp³-hybridized carbons (Fsp3) is 0.417. The van der Waals surface area contributed by atoms with Crippen molar-refractivity contribution in [1.29, 1.82) is 0 Å². The molecule has 2 aromatic rings. The second-order valence-electron chi connectivity index (χ2n) is 7.93. The fourth-order valence-electron chi connectivity index (χ4n) is 3.79. The van der Waals surface area contributed by atoms with Crippen LogP contribution < -0.4 is 10.2 Å². The quantitative estimate of drug-likeness (QED) is 0.648. The van der Waals surface area contributed by atoms with Gasteiger partial charge in [0, 0.05) is 51.6 Å². The highest BCUT2D eigenvalue weighted by Crippen LogP contribution is 2.26.